The van der Waals surface area contributed by atoms with Gasteiger partial charge in [0.25, 0.3) is 5.91 Å². The van der Waals surface area contributed by atoms with E-state index < -0.39 is 23.5 Å². The SMILES string of the molecule is CCCCOc1ccc(C2C(C(=O)c3ccco3)=C(O)C(=O)N2c2nnc(SCc3ccc(C)cc3)s2)cc1OCC. The summed E-state index contributed by atoms with van der Waals surface area (Å²) in [5.41, 5.74) is 2.74. The van der Waals surface area contributed by atoms with Crippen LogP contribution in [0.5, 0.6) is 11.5 Å². The van der Waals surface area contributed by atoms with Crippen LogP contribution in [0.1, 0.15) is 60.0 Å². The predicted molar refractivity (Wildman–Crippen MR) is 162 cm³/mol. The fraction of sp³-hybridized carbons (Fsp3) is 0.290. The minimum Gasteiger partial charge on any atom is -0.503 e. The van der Waals surface area contributed by atoms with Crippen LogP contribution in [0, 0.1) is 6.92 Å². The van der Waals surface area contributed by atoms with Gasteiger partial charge in [-0.1, -0.05) is 72.3 Å². The van der Waals surface area contributed by atoms with Gasteiger partial charge in [-0.2, -0.15) is 0 Å². The highest BCUT2D eigenvalue weighted by atomic mass is 32.2. The lowest BCUT2D eigenvalue weighted by molar-refractivity contribution is -0.117. The lowest BCUT2D eigenvalue weighted by Crippen LogP contribution is -2.31. The van der Waals surface area contributed by atoms with E-state index in [1.807, 2.05) is 13.8 Å². The molecule has 2 aromatic carbocycles. The lowest BCUT2D eigenvalue weighted by atomic mass is 9.95. The molecule has 218 valence electrons. The van der Waals surface area contributed by atoms with Crippen molar-refractivity contribution < 1.29 is 28.6 Å². The summed E-state index contributed by atoms with van der Waals surface area (Å²) in [5.74, 6) is -0.293. The van der Waals surface area contributed by atoms with Gasteiger partial charge in [-0.25, -0.2) is 0 Å². The van der Waals surface area contributed by atoms with Gasteiger partial charge in [0.15, 0.2) is 27.4 Å². The number of carbonyl (C=O) groups is 2. The Morgan fingerprint density at radius 1 is 1.10 bits per heavy atom. The highest BCUT2D eigenvalue weighted by molar-refractivity contribution is 8.00. The van der Waals surface area contributed by atoms with Gasteiger partial charge in [0, 0.05) is 5.75 Å². The second-order valence-electron chi connectivity index (χ2n) is 9.61. The third-order valence-electron chi connectivity index (χ3n) is 6.62. The van der Waals surface area contributed by atoms with E-state index in [0.29, 0.717) is 40.4 Å². The Labute approximate surface area is 252 Å². The number of carbonyl (C=O) groups excluding carboxylic acids is 2. The number of aliphatic hydroxyl groups excluding tert-OH is 1. The van der Waals surface area contributed by atoms with Crippen molar-refractivity contribution in [3.05, 3.63) is 94.6 Å². The number of aliphatic hydroxyl groups is 1. The second-order valence-corrected chi connectivity index (χ2v) is 11.8. The number of Topliss-reactive ketones (excluding diaryl/α,β-unsaturated/α-hetero) is 1. The zero-order valence-electron chi connectivity index (χ0n) is 23.5. The van der Waals surface area contributed by atoms with Crippen LogP contribution in [-0.2, 0) is 10.5 Å². The third kappa shape index (κ3) is 6.22. The Bertz CT molecular complexity index is 1580. The highest BCUT2D eigenvalue weighted by Gasteiger charge is 2.47. The van der Waals surface area contributed by atoms with E-state index in [4.69, 9.17) is 13.9 Å². The largest absolute Gasteiger partial charge is 0.503 e. The molecule has 1 unspecified atom stereocenters. The molecule has 0 saturated heterocycles. The smallest absolute Gasteiger partial charge is 0.296 e. The molecule has 0 bridgehead atoms. The quantitative estimate of drug-likeness (QED) is 0.0738. The standard InChI is InChI=1S/C31H31N3O6S2/c1-4-6-15-39-22-14-13-21(17-24(22)38-5-2)26-25(27(35)23-8-7-16-40-23)28(36)29(37)34(26)30-32-33-31(42-30)41-18-20-11-9-19(3)10-12-20/h7-14,16-17,26,36H,4-6,15,18H2,1-3H3. The van der Waals surface area contributed by atoms with E-state index in [0.717, 1.165) is 18.4 Å². The Morgan fingerprint density at radius 3 is 2.62 bits per heavy atom. The number of ketones is 1. The molecular formula is C31H31N3O6S2. The first-order chi connectivity index (χ1) is 20.4. The number of hydrogen-bond acceptors (Lipinski definition) is 10. The molecule has 0 fully saturated rings. The molecule has 1 atom stereocenters. The molecule has 5 rings (SSSR count). The van der Waals surface area contributed by atoms with Crippen molar-refractivity contribution in [3.63, 3.8) is 0 Å². The van der Waals surface area contributed by atoms with Gasteiger partial charge in [-0.3, -0.25) is 14.5 Å². The molecule has 9 nitrogen and oxygen atoms in total. The normalized spacial score (nSPS) is 15.0. The van der Waals surface area contributed by atoms with Crippen molar-refractivity contribution >= 4 is 39.9 Å². The Balaban J connectivity index is 1.51. The monoisotopic (exact) mass is 605 g/mol. The Hall–Kier alpha value is -4.09. The average molecular weight is 606 g/mol. The van der Waals surface area contributed by atoms with Crippen molar-refractivity contribution in [2.24, 2.45) is 0 Å². The number of thioether (sulfide) groups is 1. The number of ether oxygens (including phenoxy) is 2. The zero-order valence-corrected chi connectivity index (χ0v) is 25.2. The van der Waals surface area contributed by atoms with Crippen LogP contribution >= 0.6 is 23.1 Å². The summed E-state index contributed by atoms with van der Waals surface area (Å²) < 4.78 is 17.8. The Morgan fingerprint density at radius 2 is 1.90 bits per heavy atom. The summed E-state index contributed by atoms with van der Waals surface area (Å²) in [7, 11) is 0. The summed E-state index contributed by atoms with van der Waals surface area (Å²) in [6.45, 7) is 6.90. The van der Waals surface area contributed by atoms with Gasteiger partial charge in [0.2, 0.25) is 10.9 Å². The lowest BCUT2D eigenvalue weighted by Gasteiger charge is -2.24. The van der Waals surface area contributed by atoms with Gasteiger partial charge in [0.05, 0.1) is 31.1 Å². The number of anilines is 1. The van der Waals surface area contributed by atoms with Gasteiger partial charge >= 0.3 is 0 Å². The zero-order chi connectivity index (χ0) is 29.6. The molecule has 1 N–H and O–H groups in total. The van der Waals surface area contributed by atoms with Crippen LogP contribution in [0.2, 0.25) is 0 Å². The van der Waals surface area contributed by atoms with Crippen molar-refractivity contribution in [3.8, 4) is 11.5 Å². The number of aromatic nitrogens is 2. The topological polar surface area (TPSA) is 115 Å². The van der Waals surface area contributed by atoms with E-state index in [1.54, 1.807) is 24.3 Å². The molecule has 0 radical (unpaired) electrons. The Kier molecular flexibility index (Phi) is 9.28. The van der Waals surface area contributed by atoms with E-state index >= 15 is 0 Å². The van der Waals surface area contributed by atoms with E-state index in [2.05, 4.69) is 41.4 Å². The fourth-order valence-electron chi connectivity index (χ4n) is 4.49. The minimum absolute atomic E-state index is 0.00681. The molecule has 2 aromatic heterocycles. The third-order valence-corrected chi connectivity index (χ3v) is 8.75. The average Bonchev–Trinajstić information content (AvgIpc) is 3.74. The summed E-state index contributed by atoms with van der Waals surface area (Å²) in [6.07, 6.45) is 3.24. The minimum atomic E-state index is -0.998. The number of benzene rings is 2. The molecular weight excluding hydrogens is 574 g/mol. The maximum atomic E-state index is 13.6. The van der Waals surface area contributed by atoms with Gasteiger partial charge in [-0.05, 0) is 55.7 Å². The van der Waals surface area contributed by atoms with E-state index in [-0.39, 0.29) is 16.5 Å². The van der Waals surface area contributed by atoms with Gasteiger partial charge < -0.3 is 19.0 Å². The summed E-state index contributed by atoms with van der Waals surface area (Å²) in [4.78, 5) is 28.4. The van der Waals surface area contributed by atoms with Crippen molar-refractivity contribution in [1.29, 1.82) is 0 Å². The fourth-order valence-corrected chi connectivity index (χ4v) is 6.31. The molecule has 3 heterocycles. The molecule has 1 amide bonds. The predicted octanol–water partition coefficient (Wildman–Crippen LogP) is 7.09. The number of amides is 1. The number of furan rings is 1. The summed E-state index contributed by atoms with van der Waals surface area (Å²) in [6, 6.07) is 15.5. The van der Waals surface area contributed by atoms with E-state index in [9.17, 15) is 14.7 Å². The molecule has 0 saturated carbocycles. The first-order valence-corrected chi connectivity index (χ1v) is 15.5. The van der Waals surface area contributed by atoms with Gasteiger partial charge in [-0.15, -0.1) is 10.2 Å². The van der Waals surface area contributed by atoms with Crippen LogP contribution in [0.3, 0.4) is 0 Å². The molecule has 42 heavy (non-hydrogen) atoms. The molecule has 1 aliphatic rings. The number of rotatable bonds is 13. The van der Waals surface area contributed by atoms with Gasteiger partial charge in [0.1, 0.15) is 0 Å². The molecule has 11 heteroatoms. The molecule has 4 aromatic rings. The van der Waals surface area contributed by atoms with Crippen molar-refractivity contribution in [1.82, 2.24) is 10.2 Å². The highest BCUT2D eigenvalue weighted by Crippen LogP contribution is 2.45. The molecule has 0 spiro atoms. The number of aryl methyl sites for hydroxylation is 1. The van der Waals surface area contributed by atoms with Crippen LogP contribution < -0.4 is 14.4 Å². The number of nitrogens with zero attached hydrogens (tertiary/aromatic N) is 3. The van der Waals surface area contributed by atoms with Crippen LogP contribution in [0.4, 0.5) is 5.13 Å². The maximum Gasteiger partial charge on any atom is 0.296 e. The number of unbranched alkanes of at least 4 members (excludes halogenated alkanes) is 1. The molecule has 1 aliphatic heterocycles. The van der Waals surface area contributed by atoms with Crippen LogP contribution in [0.25, 0.3) is 0 Å². The van der Waals surface area contributed by atoms with Crippen LogP contribution in [-0.4, -0.2) is 40.2 Å². The summed E-state index contributed by atoms with van der Waals surface area (Å²) in [5, 5.41) is 19.9. The first-order valence-electron chi connectivity index (χ1n) is 13.7. The first kappa shape index (κ1) is 29.4. The second kappa shape index (κ2) is 13.3. The molecule has 0 aliphatic carbocycles. The van der Waals surface area contributed by atoms with Crippen molar-refractivity contribution in [2.45, 2.75) is 49.7 Å². The summed E-state index contributed by atoms with van der Waals surface area (Å²) >= 11 is 2.71. The van der Waals surface area contributed by atoms with E-state index in [1.165, 1.54) is 45.9 Å². The van der Waals surface area contributed by atoms with Crippen molar-refractivity contribution in [2.75, 3.05) is 18.1 Å². The number of hydrogen-bond donors (Lipinski definition) is 1. The van der Waals surface area contributed by atoms with Crippen LogP contribution in [0.15, 0.2) is 80.9 Å². The maximum absolute atomic E-state index is 13.6.